The first-order valence-electron chi connectivity index (χ1n) is 11.7. The van der Waals surface area contributed by atoms with Crippen LogP contribution in [-0.2, 0) is 16.2 Å². The Labute approximate surface area is 223 Å². The van der Waals surface area contributed by atoms with Gasteiger partial charge in [-0.3, -0.25) is 19.8 Å². The average molecular weight is 525 g/mol. The van der Waals surface area contributed by atoms with Crippen LogP contribution in [0.15, 0.2) is 109 Å². The summed E-state index contributed by atoms with van der Waals surface area (Å²) in [6.45, 7) is 0.0790. The molecule has 5 rings (SSSR count). The number of anilines is 1. The van der Waals surface area contributed by atoms with Crippen molar-refractivity contribution in [3.8, 4) is 17.2 Å². The second kappa shape index (κ2) is 11.1. The number of carbonyl (C=O) groups excluding carboxylic acids is 2. The highest BCUT2D eigenvalue weighted by Gasteiger charge is 2.34. The molecule has 0 aromatic heterocycles. The number of amides is 2. The summed E-state index contributed by atoms with van der Waals surface area (Å²) in [5.41, 5.74) is 1.48. The number of hydrogen-bond acceptors (Lipinski definition) is 5. The highest BCUT2D eigenvalue weighted by atomic mass is 32.1. The van der Waals surface area contributed by atoms with Crippen molar-refractivity contribution in [3.05, 3.63) is 126 Å². The monoisotopic (exact) mass is 524 g/mol. The first-order valence-corrected chi connectivity index (χ1v) is 12.1. The molecule has 0 atom stereocenters. The number of thiocarbonyl (C=S) groups is 1. The molecule has 0 unspecified atom stereocenters. The minimum atomic E-state index is -0.583. The van der Waals surface area contributed by atoms with E-state index in [1.807, 2.05) is 30.3 Å². The smallest absolute Gasteiger partial charge is 0.270 e. The number of hydrogen-bond donors (Lipinski definition) is 1. The van der Waals surface area contributed by atoms with Crippen molar-refractivity contribution >= 4 is 40.9 Å². The van der Waals surface area contributed by atoms with E-state index in [1.165, 1.54) is 17.0 Å². The van der Waals surface area contributed by atoms with Gasteiger partial charge in [0.2, 0.25) is 0 Å². The summed E-state index contributed by atoms with van der Waals surface area (Å²) < 4.78 is 25.3. The predicted octanol–water partition coefficient (Wildman–Crippen LogP) is 6.03. The molecule has 0 saturated carbocycles. The minimum Gasteiger partial charge on any atom is -0.489 e. The first kappa shape index (κ1) is 24.9. The molecule has 1 aliphatic rings. The van der Waals surface area contributed by atoms with Crippen molar-refractivity contribution in [3.63, 3.8) is 0 Å². The lowest BCUT2D eigenvalue weighted by molar-refractivity contribution is -0.122. The number of ether oxygens (including phenoxy) is 2. The second-order valence-electron chi connectivity index (χ2n) is 8.32. The maximum atomic E-state index is 13.8. The summed E-state index contributed by atoms with van der Waals surface area (Å²) in [6, 6.07) is 29.3. The van der Waals surface area contributed by atoms with E-state index in [4.69, 9.17) is 21.7 Å². The largest absolute Gasteiger partial charge is 0.489 e. The molecule has 1 saturated heterocycles. The zero-order chi connectivity index (χ0) is 26.5. The number of benzene rings is 4. The molecule has 0 bridgehead atoms. The van der Waals surface area contributed by atoms with E-state index < -0.39 is 11.8 Å². The maximum absolute atomic E-state index is 13.8. The first-order chi connectivity index (χ1) is 18.5. The normalized spacial score (nSPS) is 14.4. The zero-order valence-corrected chi connectivity index (χ0v) is 20.8. The van der Waals surface area contributed by atoms with Crippen molar-refractivity contribution in [2.45, 2.75) is 6.61 Å². The van der Waals surface area contributed by atoms with Gasteiger partial charge < -0.3 is 9.47 Å². The van der Waals surface area contributed by atoms with E-state index in [1.54, 1.807) is 66.7 Å². The fourth-order valence-corrected chi connectivity index (χ4v) is 4.06. The number of rotatable bonds is 7. The van der Waals surface area contributed by atoms with Gasteiger partial charge in [-0.15, -0.1) is 0 Å². The van der Waals surface area contributed by atoms with Crippen molar-refractivity contribution < 1.29 is 23.5 Å². The zero-order valence-electron chi connectivity index (χ0n) is 20.0. The number of nitrogens with zero attached hydrogens (tertiary/aromatic N) is 1. The van der Waals surface area contributed by atoms with Crippen LogP contribution in [0.5, 0.6) is 17.2 Å². The lowest BCUT2D eigenvalue weighted by Crippen LogP contribution is -2.54. The SMILES string of the molecule is O=C1NC(=S)N(c2ccc(Oc3ccccc3)cc2)C(=O)/C1=C/c1ccc(OCc2ccccc2F)cc1. The Hall–Kier alpha value is -4.82. The van der Waals surface area contributed by atoms with Gasteiger partial charge in [0.1, 0.15) is 35.2 Å². The van der Waals surface area contributed by atoms with Gasteiger partial charge in [-0.2, -0.15) is 0 Å². The molecule has 0 aliphatic carbocycles. The van der Waals surface area contributed by atoms with E-state index in [-0.39, 0.29) is 23.1 Å². The number of para-hydroxylation sites is 1. The standard InChI is InChI=1S/C30H21FN2O4S/c31-27-9-5-4-6-21(27)19-36-23-14-10-20(11-15-23)18-26-28(34)32-30(38)33(29(26)35)22-12-16-25(17-13-22)37-24-7-2-1-3-8-24/h1-18H,19H2,(H,32,34,38)/b26-18+. The van der Waals surface area contributed by atoms with Gasteiger partial charge >= 0.3 is 0 Å². The van der Waals surface area contributed by atoms with Crippen LogP contribution in [0.3, 0.4) is 0 Å². The highest BCUT2D eigenvalue weighted by molar-refractivity contribution is 7.80. The molecule has 4 aromatic carbocycles. The number of nitrogens with one attached hydrogen (secondary N) is 1. The van der Waals surface area contributed by atoms with Crippen LogP contribution in [0.2, 0.25) is 0 Å². The summed E-state index contributed by atoms with van der Waals surface area (Å²) in [5, 5.41) is 2.57. The number of carbonyl (C=O) groups is 2. The fourth-order valence-electron chi connectivity index (χ4n) is 3.78. The Morgan fingerprint density at radius 3 is 2.13 bits per heavy atom. The Morgan fingerprint density at radius 1 is 0.789 bits per heavy atom. The van der Waals surface area contributed by atoms with Crippen LogP contribution in [-0.4, -0.2) is 16.9 Å². The molecule has 1 N–H and O–H groups in total. The quantitative estimate of drug-likeness (QED) is 0.182. The highest BCUT2D eigenvalue weighted by Crippen LogP contribution is 2.27. The molecule has 188 valence electrons. The second-order valence-corrected chi connectivity index (χ2v) is 8.70. The van der Waals surface area contributed by atoms with Crippen LogP contribution in [0.1, 0.15) is 11.1 Å². The Bertz CT molecular complexity index is 1520. The summed E-state index contributed by atoms with van der Waals surface area (Å²) >= 11 is 5.29. The topological polar surface area (TPSA) is 67.9 Å². The van der Waals surface area contributed by atoms with E-state index in [0.717, 1.165) is 0 Å². The van der Waals surface area contributed by atoms with Gasteiger partial charge in [-0.1, -0.05) is 48.5 Å². The fraction of sp³-hybridized carbons (Fsp3) is 0.0333. The average Bonchev–Trinajstić information content (AvgIpc) is 2.93. The molecule has 1 fully saturated rings. The summed E-state index contributed by atoms with van der Waals surface area (Å²) in [6.07, 6.45) is 1.49. The van der Waals surface area contributed by atoms with Crippen LogP contribution < -0.4 is 19.7 Å². The molecule has 4 aromatic rings. The third kappa shape index (κ3) is 5.61. The van der Waals surface area contributed by atoms with E-state index in [2.05, 4.69) is 5.32 Å². The van der Waals surface area contributed by atoms with Gasteiger partial charge in [-0.05, 0) is 78.5 Å². The molecule has 2 amide bonds. The molecule has 0 spiro atoms. The molecule has 38 heavy (non-hydrogen) atoms. The number of halogens is 1. The van der Waals surface area contributed by atoms with E-state index in [9.17, 15) is 14.0 Å². The van der Waals surface area contributed by atoms with Gasteiger partial charge in [0.25, 0.3) is 11.8 Å². The summed E-state index contributed by atoms with van der Waals surface area (Å²) in [7, 11) is 0. The lowest BCUT2D eigenvalue weighted by atomic mass is 10.1. The van der Waals surface area contributed by atoms with Crippen LogP contribution >= 0.6 is 12.2 Å². The summed E-state index contributed by atoms with van der Waals surface area (Å²) in [4.78, 5) is 27.2. The molecule has 1 aliphatic heterocycles. The van der Waals surface area contributed by atoms with Gasteiger partial charge in [-0.25, -0.2) is 4.39 Å². The maximum Gasteiger partial charge on any atom is 0.270 e. The summed E-state index contributed by atoms with van der Waals surface area (Å²) in [5.74, 6) is 0.334. The molecular formula is C30H21FN2O4S. The third-order valence-electron chi connectivity index (χ3n) is 5.72. The Kier molecular flexibility index (Phi) is 7.24. The van der Waals surface area contributed by atoms with Gasteiger partial charge in [0, 0.05) is 5.56 Å². The lowest BCUT2D eigenvalue weighted by Gasteiger charge is -2.29. The predicted molar refractivity (Wildman–Crippen MR) is 146 cm³/mol. The van der Waals surface area contributed by atoms with E-state index in [0.29, 0.717) is 34.1 Å². The van der Waals surface area contributed by atoms with Crippen LogP contribution in [0.4, 0.5) is 10.1 Å². The Balaban J connectivity index is 1.30. The molecule has 0 radical (unpaired) electrons. The van der Waals surface area contributed by atoms with Crippen molar-refractivity contribution in [1.82, 2.24) is 5.32 Å². The molecular weight excluding hydrogens is 503 g/mol. The molecule has 1 heterocycles. The van der Waals surface area contributed by atoms with Gasteiger partial charge in [0.15, 0.2) is 5.11 Å². The molecule has 6 nitrogen and oxygen atoms in total. The van der Waals surface area contributed by atoms with Crippen LogP contribution in [0, 0.1) is 5.82 Å². The van der Waals surface area contributed by atoms with Crippen LogP contribution in [0.25, 0.3) is 6.08 Å². The van der Waals surface area contributed by atoms with Crippen molar-refractivity contribution in [2.24, 2.45) is 0 Å². The molecule has 8 heteroatoms. The van der Waals surface area contributed by atoms with Crippen molar-refractivity contribution in [1.29, 1.82) is 0 Å². The Morgan fingerprint density at radius 2 is 1.42 bits per heavy atom. The van der Waals surface area contributed by atoms with Crippen molar-refractivity contribution in [2.75, 3.05) is 4.90 Å². The third-order valence-corrected chi connectivity index (χ3v) is 6.00. The van der Waals surface area contributed by atoms with Gasteiger partial charge in [0.05, 0.1) is 5.69 Å². The van der Waals surface area contributed by atoms with E-state index >= 15 is 0 Å². The minimum absolute atomic E-state index is 0.00855.